The van der Waals surface area contributed by atoms with Gasteiger partial charge >= 0.3 is 0 Å². The van der Waals surface area contributed by atoms with E-state index in [0.717, 1.165) is 34.5 Å². The van der Waals surface area contributed by atoms with E-state index in [1.165, 1.54) is 11.8 Å². The molecule has 2 aliphatic rings. The smallest absolute Gasteiger partial charge is 0.147 e. The summed E-state index contributed by atoms with van der Waals surface area (Å²) in [5, 5.41) is 1.95. The van der Waals surface area contributed by atoms with Crippen molar-refractivity contribution in [2.24, 2.45) is 17.6 Å². The number of halogens is 2. The molecular weight excluding hydrogens is 351 g/mol. The molecular formula is C16H16Cl2N4S. The van der Waals surface area contributed by atoms with Crippen molar-refractivity contribution in [2.75, 3.05) is 18.0 Å². The molecule has 2 aromatic rings. The van der Waals surface area contributed by atoms with E-state index in [9.17, 15) is 0 Å². The van der Waals surface area contributed by atoms with Gasteiger partial charge in [-0.25, -0.2) is 9.97 Å². The van der Waals surface area contributed by atoms with Crippen LogP contribution >= 0.6 is 35.0 Å². The van der Waals surface area contributed by atoms with E-state index in [-0.39, 0.29) is 0 Å². The first-order valence-corrected chi connectivity index (χ1v) is 9.08. The molecule has 1 aliphatic carbocycles. The lowest BCUT2D eigenvalue weighted by Crippen LogP contribution is -2.28. The third-order valence-electron chi connectivity index (χ3n) is 4.60. The van der Waals surface area contributed by atoms with E-state index in [1.807, 2.05) is 25.3 Å². The summed E-state index contributed by atoms with van der Waals surface area (Å²) in [5.41, 5.74) is 6.89. The first-order chi connectivity index (χ1) is 11.0. The zero-order valence-corrected chi connectivity index (χ0v) is 14.9. The Morgan fingerprint density at radius 1 is 1.26 bits per heavy atom. The summed E-state index contributed by atoms with van der Waals surface area (Å²) < 4.78 is 0. The molecule has 23 heavy (non-hydrogen) atoms. The number of anilines is 1. The molecule has 0 bridgehead atoms. The molecule has 0 amide bonds. The summed E-state index contributed by atoms with van der Waals surface area (Å²) in [4.78, 5) is 12.4. The lowest BCUT2D eigenvalue weighted by molar-refractivity contribution is 0.729. The molecule has 4 nitrogen and oxygen atoms in total. The second-order valence-electron chi connectivity index (χ2n) is 6.08. The van der Waals surface area contributed by atoms with Gasteiger partial charge < -0.3 is 10.6 Å². The zero-order chi connectivity index (χ0) is 16.1. The minimum Gasteiger partial charge on any atom is -0.355 e. The van der Waals surface area contributed by atoms with Crippen molar-refractivity contribution in [3.63, 3.8) is 0 Å². The van der Waals surface area contributed by atoms with Crippen LogP contribution in [0, 0.1) is 18.8 Å². The van der Waals surface area contributed by atoms with Crippen molar-refractivity contribution in [2.45, 2.75) is 22.9 Å². The molecule has 7 heteroatoms. The maximum Gasteiger partial charge on any atom is 0.147 e. The number of aryl methyl sites for hydroxylation is 1. The molecule has 0 radical (unpaired) electrons. The minimum atomic E-state index is 0.389. The standard InChI is InChI=1S/C16H16Cl2N4S/c1-8-16(23-12-4-2-3-11(17)14(12)18)20-5-13(21-8)22-6-9-10(7-22)15(9)19/h2-5,9-10,15H,6-7,19H2,1H3/t9-,10+,15+. The second-order valence-corrected chi connectivity index (χ2v) is 7.90. The van der Waals surface area contributed by atoms with Crippen molar-refractivity contribution in [1.29, 1.82) is 0 Å². The van der Waals surface area contributed by atoms with Crippen LogP contribution < -0.4 is 10.6 Å². The van der Waals surface area contributed by atoms with Gasteiger partial charge in [-0.15, -0.1) is 0 Å². The first-order valence-electron chi connectivity index (χ1n) is 7.50. The maximum atomic E-state index is 6.24. The first kappa shape index (κ1) is 15.5. The lowest BCUT2D eigenvalue weighted by Gasteiger charge is -2.20. The molecule has 1 aromatic heterocycles. The van der Waals surface area contributed by atoms with E-state index in [2.05, 4.69) is 9.88 Å². The summed E-state index contributed by atoms with van der Waals surface area (Å²) >= 11 is 13.8. The van der Waals surface area contributed by atoms with Crippen LogP contribution in [0.1, 0.15) is 5.69 Å². The van der Waals surface area contributed by atoms with Crippen LogP contribution in [0.3, 0.4) is 0 Å². The van der Waals surface area contributed by atoms with Crippen LogP contribution in [0.2, 0.25) is 10.0 Å². The zero-order valence-electron chi connectivity index (χ0n) is 12.5. The average molecular weight is 367 g/mol. The van der Waals surface area contributed by atoms with Gasteiger partial charge in [0, 0.05) is 24.0 Å². The summed E-state index contributed by atoms with van der Waals surface area (Å²) in [5.74, 6) is 2.20. The van der Waals surface area contributed by atoms with Crippen LogP contribution in [-0.2, 0) is 0 Å². The highest BCUT2D eigenvalue weighted by molar-refractivity contribution is 7.99. The van der Waals surface area contributed by atoms with Gasteiger partial charge in [0.15, 0.2) is 0 Å². The van der Waals surface area contributed by atoms with Crippen LogP contribution in [-0.4, -0.2) is 29.1 Å². The molecule has 1 aromatic carbocycles. The van der Waals surface area contributed by atoms with E-state index in [1.54, 1.807) is 6.07 Å². The van der Waals surface area contributed by atoms with Gasteiger partial charge in [-0.05, 0) is 30.9 Å². The predicted octanol–water partition coefficient (Wildman–Crippen LogP) is 3.64. The van der Waals surface area contributed by atoms with E-state index >= 15 is 0 Å². The molecule has 2 fully saturated rings. The fraction of sp³-hybridized carbons (Fsp3) is 0.375. The Balaban J connectivity index is 1.53. The fourth-order valence-corrected chi connectivity index (χ4v) is 4.46. The van der Waals surface area contributed by atoms with Crippen molar-refractivity contribution in [1.82, 2.24) is 9.97 Å². The van der Waals surface area contributed by atoms with E-state index in [4.69, 9.17) is 33.9 Å². The van der Waals surface area contributed by atoms with Gasteiger partial charge in [0.25, 0.3) is 0 Å². The average Bonchev–Trinajstić information content (AvgIpc) is 2.96. The molecule has 3 atom stereocenters. The predicted molar refractivity (Wildman–Crippen MR) is 94.5 cm³/mol. The number of hydrogen-bond acceptors (Lipinski definition) is 5. The van der Waals surface area contributed by atoms with E-state index < -0.39 is 0 Å². The molecule has 0 spiro atoms. The summed E-state index contributed by atoms with van der Waals surface area (Å²) in [7, 11) is 0. The van der Waals surface area contributed by atoms with Crippen molar-refractivity contribution >= 4 is 40.8 Å². The Kier molecular flexibility index (Phi) is 3.92. The van der Waals surface area contributed by atoms with Crippen molar-refractivity contribution in [3.8, 4) is 0 Å². The Hall–Kier alpha value is -1.01. The van der Waals surface area contributed by atoms with Gasteiger partial charge in [0.2, 0.25) is 0 Å². The number of fused-ring (bicyclic) bond motifs is 1. The Morgan fingerprint density at radius 3 is 2.70 bits per heavy atom. The highest BCUT2D eigenvalue weighted by Crippen LogP contribution is 2.45. The minimum absolute atomic E-state index is 0.389. The molecule has 0 unspecified atom stereocenters. The van der Waals surface area contributed by atoms with Crippen molar-refractivity contribution < 1.29 is 0 Å². The molecule has 1 aliphatic heterocycles. The van der Waals surface area contributed by atoms with Crippen molar-refractivity contribution in [3.05, 3.63) is 40.1 Å². The number of nitrogens with two attached hydrogens (primary N) is 1. The second kappa shape index (κ2) is 5.81. The van der Waals surface area contributed by atoms with Gasteiger partial charge in [-0.3, -0.25) is 0 Å². The highest BCUT2D eigenvalue weighted by Gasteiger charge is 2.53. The Bertz CT molecular complexity index is 758. The monoisotopic (exact) mass is 366 g/mol. The Morgan fingerprint density at radius 2 is 2.00 bits per heavy atom. The molecule has 120 valence electrons. The number of piperidine rings is 1. The third kappa shape index (κ3) is 2.80. The Labute approximate surface area is 149 Å². The number of rotatable bonds is 3. The van der Waals surface area contributed by atoms with Crippen LogP contribution in [0.25, 0.3) is 0 Å². The van der Waals surface area contributed by atoms with Crippen LogP contribution in [0.4, 0.5) is 5.82 Å². The SMILES string of the molecule is Cc1nc(N2C[C@@H]3[C@@H](N)[C@@H]3C2)cnc1Sc1cccc(Cl)c1Cl. The number of hydrogen-bond donors (Lipinski definition) is 1. The number of aromatic nitrogens is 2. The lowest BCUT2D eigenvalue weighted by atomic mass is 10.4. The number of nitrogens with zero attached hydrogens (tertiary/aromatic N) is 3. The topological polar surface area (TPSA) is 55.0 Å². The van der Waals surface area contributed by atoms with Gasteiger partial charge in [-0.2, -0.15) is 0 Å². The molecule has 4 rings (SSSR count). The van der Waals surface area contributed by atoms with Gasteiger partial charge in [0.1, 0.15) is 10.8 Å². The van der Waals surface area contributed by atoms with Gasteiger partial charge in [-0.1, -0.05) is 41.0 Å². The summed E-state index contributed by atoms with van der Waals surface area (Å²) in [6.07, 6.45) is 1.84. The molecule has 1 saturated heterocycles. The largest absolute Gasteiger partial charge is 0.355 e. The third-order valence-corrected chi connectivity index (χ3v) is 6.68. The van der Waals surface area contributed by atoms with E-state index in [0.29, 0.717) is 27.9 Å². The molecule has 2 N–H and O–H groups in total. The normalized spacial score (nSPS) is 25.6. The molecule has 1 saturated carbocycles. The van der Waals surface area contributed by atoms with Crippen LogP contribution in [0.15, 0.2) is 34.3 Å². The highest BCUT2D eigenvalue weighted by atomic mass is 35.5. The summed E-state index contributed by atoms with van der Waals surface area (Å²) in [6, 6.07) is 5.98. The summed E-state index contributed by atoms with van der Waals surface area (Å²) in [6.45, 7) is 3.96. The fourth-order valence-electron chi connectivity index (χ4n) is 3.14. The van der Waals surface area contributed by atoms with Crippen LogP contribution in [0.5, 0.6) is 0 Å². The number of benzene rings is 1. The maximum absolute atomic E-state index is 6.24. The quantitative estimate of drug-likeness (QED) is 0.898. The molecule has 2 heterocycles. The van der Waals surface area contributed by atoms with Gasteiger partial charge in [0.05, 0.1) is 21.9 Å².